The van der Waals surface area contributed by atoms with Crippen molar-refractivity contribution in [3.05, 3.63) is 29.8 Å². The Labute approximate surface area is 120 Å². The minimum absolute atomic E-state index is 0.190. The zero-order chi connectivity index (χ0) is 13.7. The standard InChI is InChI=1S/C17H22N2O/c18-15-3-1-2-14(9-15)17(20)19-10-13-5-11-4-12(6-13)8-16(19)7-11/h1-3,9,11-13,16H,4-8,10,18H2. The van der Waals surface area contributed by atoms with Crippen LogP contribution in [0, 0.1) is 17.8 Å². The number of carbonyl (C=O) groups excluding carboxylic acids is 1. The zero-order valence-electron chi connectivity index (χ0n) is 11.8. The first-order valence-corrected chi connectivity index (χ1v) is 7.85. The minimum Gasteiger partial charge on any atom is -0.399 e. The van der Waals surface area contributed by atoms with Crippen LogP contribution in [0.3, 0.4) is 0 Å². The van der Waals surface area contributed by atoms with Gasteiger partial charge in [0.15, 0.2) is 0 Å². The highest BCUT2D eigenvalue weighted by Crippen LogP contribution is 2.47. The first kappa shape index (κ1) is 12.2. The van der Waals surface area contributed by atoms with Gasteiger partial charge in [0.1, 0.15) is 0 Å². The molecule has 3 heteroatoms. The van der Waals surface area contributed by atoms with Crippen LogP contribution < -0.4 is 5.73 Å². The molecular formula is C17H22N2O. The molecule has 5 rings (SSSR count). The normalized spacial score (nSPS) is 35.1. The highest BCUT2D eigenvalue weighted by atomic mass is 16.2. The Kier molecular flexibility index (Phi) is 2.76. The van der Waals surface area contributed by atoms with E-state index in [2.05, 4.69) is 4.90 Å². The lowest BCUT2D eigenvalue weighted by Gasteiger charge is -2.39. The number of rotatable bonds is 1. The third-order valence-corrected chi connectivity index (χ3v) is 5.50. The molecule has 2 saturated carbocycles. The molecule has 2 unspecified atom stereocenters. The van der Waals surface area contributed by atoms with E-state index in [1.165, 1.54) is 32.1 Å². The molecule has 1 aromatic rings. The summed E-state index contributed by atoms with van der Waals surface area (Å²) in [5.41, 5.74) is 7.26. The van der Waals surface area contributed by atoms with Crippen LogP contribution >= 0.6 is 0 Å². The average molecular weight is 270 g/mol. The van der Waals surface area contributed by atoms with E-state index in [4.69, 9.17) is 5.73 Å². The van der Waals surface area contributed by atoms with E-state index in [1.807, 2.05) is 24.3 Å². The molecule has 2 N–H and O–H groups in total. The summed E-state index contributed by atoms with van der Waals surface area (Å²) in [6.07, 6.45) is 6.54. The maximum absolute atomic E-state index is 12.8. The first-order chi connectivity index (χ1) is 9.69. The Hall–Kier alpha value is -1.51. The van der Waals surface area contributed by atoms with Crippen molar-refractivity contribution in [1.29, 1.82) is 0 Å². The number of nitrogen functional groups attached to an aromatic ring is 1. The Balaban J connectivity index is 1.63. The predicted octanol–water partition coefficient (Wildman–Crippen LogP) is 2.92. The molecule has 0 spiro atoms. The fourth-order valence-corrected chi connectivity index (χ4v) is 4.87. The number of fused-ring (bicyclic) bond motifs is 1. The van der Waals surface area contributed by atoms with Crippen LogP contribution in [-0.4, -0.2) is 23.4 Å². The molecule has 2 atom stereocenters. The number of hydrogen-bond acceptors (Lipinski definition) is 2. The number of amides is 1. The Bertz CT molecular complexity index is 528. The van der Waals surface area contributed by atoms with Crippen LogP contribution in [0.25, 0.3) is 0 Å². The highest BCUT2D eigenvalue weighted by molar-refractivity contribution is 5.95. The van der Waals surface area contributed by atoms with Gasteiger partial charge in [0.25, 0.3) is 5.91 Å². The summed E-state index contributed by atoms with van der Waals surface area (Å²) in [5, 5.41) is 0. The Morgan fingerprint density at radius 2 is 1.75 bits per heavy atom. The molecule has 0 aromatic heterocycles. The molecule has 4 fully saturated rings. The van der Waals surface area contributed by atoms with E-state index < -0.39 is 0 Å². The quantitative estimate of drug-likeness (QED) is 0.798. The van der Waals surface area contributed by atoms with E-state index >= 15 is 0 Å². The third-order valence-electron chi connectivity index (χ3n) is 5.50. The summed E-state index contributed by atoms with van der Waals surface area (Å²) in [5.74, 6) is 2.67. The monoisotopic (exact) mass is 270 g/mol. The molecule has 0 radical (unpaired) electrons. The molecule has 1 aromatic carbocycles. The predicted molar refractivity (Wildman–Crippen MR) is 79.2 cm³/mol. The lowest BCUT2D eigenvalue weighted by molar-refractivity contribution is 0.0633. The minimum atomic E-state index is 0.190. The van der Waals surface area contributed by atoms with Crippen molar-refractivity contribution in [2.24, 2.45) is 17.8 Å². The lowest BCUT2D eigenvalue weighted by atomic mass is 9.68. The fourth-order valence-electron chi connectivity index (χ4n) is 4.87. The van der Waals surface area contributed by atoms with Crippen molar-refractivity contribution in [3.8, 4) is 0 Å². The molecule has 2 saturated heterocycles. The zero-order valence-corrected chi connectivity index (χ0v) is 11.8. The number of anilines is 1. The van der Waals surface area contributed by atoms with Gasteiger partial charge >= 0.3 is 0 Å². The van der Waals surface area contributed by atoms with Crippen molar-refractivity contribution in [1.82, 2.24) is 4.90 Å². The van der Waals surface area contributed by atoms with Crippen LogP contribution in [0.2, 0.25) is 0 Å². The number of nitrogens with zero attached hydrogens (tertiary/aromatic N) is 1. The molecule has 20 heavy (non-hydrogen) atoms. The van der Waals surface area contributed by atoms with E-state index in [0.717, 1.165) is 29.9 Å². The van der Waals surface area contributed by atoms with Gasteiger partial charge in [-0.15, -0.1) is 0 Å². The summed E-state index contributed by atoms with van der Waals surface area (Å²) in [6, 6.07) is 7.91. The number of hydrogen-bond donors (Lipinski definition) is 1. The highest BCUT2D eigenvalue weighted by Gasteiger charge is 2.44. The van der Waals surface area contributed by atoms with E-state index in [-0.39, 0.29) is 5.91 Å². The summed E-state index contributed by atoms with van der Waals surface area (Å²) < 4.78 is 0. The molecule has 1 amide bonds. The molecule has 106 valence electrons. The molecule has 4 bridgehead atoms. The molecular weight excluding hydrogens is 248 g/mol. The maximum atomic E-state index is 12.8. The van der Waals surface area contributed by atoms with Gasteiger partial charge in [-0.05, 0) is 68.1 Å². The SMILES string of the molecule is Nc1cccc(C(=O)N2CC3CC4CC(C3)CC2C4)c1. The molecule has 4 aliphatic rings. The maximum Gasteiger partial charge on any atom is 0.254 e. The topological polar surface area (TPSA) is 46.3 Å². The van der Waals surface area contributed by atoms with E-state index in [0.29, 0.717) is 11.7 Å². The molecule has 3 nitrogen and oxygen atoms in total. The van der Waals surface area contributed by atoms with Crippen LogP contribution in [0.4, 0.5) is 5.69 Å². The van der Waals surface area contributed by atoms with Crippen LogP contribution in [0.15, 0.2) is 24.3 Å². The van der Waals surface area contributed by atoms with Gasteiger partial charge in [-0.3, -0.25) is 4.79 Å². The van der Waals surface area contributed by atoms with Crippen molar-refractivity contribution in [2.75, 3.05) is 12.3 Å². The largest absolute Gasteiger partial charge is 0.399 e. The van der Waals surface area contributed by atoms with Gasteiger partial charge in [-0.25, -0.2) is 0 Å². The second kappa shape index (κ2) is 4.51. The number of nitrogens with two attached hydrogens (primary N) is 1. The van der Waals surface area contributed by atoms with Crippen LogP contribution in [0.1, 0.15) is 42.5 Å². The van der Waals surface area contributed by atoms with Gasteiger partial charge in [-0.1, -0.05) is 6.07 Å². The number of benzene rings is 1. The van der Waals surface area contributed by atoms with Gasteiger partial charge in [0.2, 0.25) is 0 Å². The van der Waals surface area contributed by atoms with Crippen molar-refractivity contribution < 1.29 is 4.79 Å². The summed E-state index contributed by atoms with van der Waals surface area (Å²) in [4.78, 5) is 15.0. The number of carbonyl (C=O) groups is 1. The lowest BCUT2D eigenvalue weighted by Crippen LogP contribution is -2.42. The van der Waals surface area contributed by atoms with Crippen LogP contribution in [0.5, 0.6) is 0 Å². The Morgan fingerprint density at radius 1 is 1.05 bits per heavy atom. The average Bonchev–Trinajstić information content (AvgIpc) is 2.62. The second-order valence-corrected chi connectivity index (χ2v) is 7.01. The van der Waals surface area contributed by atoms with Gasteiger partial charge in [0, 0.05) is 23.8 Å². The Morgan fingerprint density at radius 3 is 2.45 bits per heavy atom. The molecule has 2 aliphatic heterocycles. The van der Waals surface area contributed by atoms with Crippen molar-refractivity contribution >= 4 is 11.6 Å². The smallest absolute Gasteiger partial charge is 0.254 e. The van der Waals surface area contributed by atoms with Gasteiger partial charge < -0.3 is 10.6 Å². The van der Waals surface area contributed by atoms with Gasteiger partial charge in [-0.2, -0.15) is 0 Å². The molecule has 2 heterocycles. The second-order valence-electron chi connectivity index (χ2n) is 7.01. The van der Waals surface area contributed by atoms with E-state index in [1.54, 1.807) is 0 Å². The van der Waals surface area contributed by atoms with Crippen LogP contribution in [-0.2, 0) is 0 Å². The summed E-state index contributed by atoms with van der Waals surface area (Å²) >= 11 is 0. The van der Waals surface area contributed by atoms with E-state index in [9.17, 15) is 4.79 Å². The first-order valence-electron chi connectivity index (χ1n) is 7.85. The third kappa shape index (κ3) is 2.00. The van der Waals surface area contributed by atoms with Gasteiger partial charge in [0.05, 0.1) is 0 Å². The summed E-state index contributed by atoms with van der Waals surface area (Å²) in [6.45, 7) is 0.964. The van der Waals surface area contributed by atoms with Crippen molar-refractivity contribution in [2.45, 2.75) is 38.1 Å². The van der Waals surface area contributed by atoms with Crippen molar-refractivity contribution in [3.63, 3.8) is 0 Å². The molecule has 2 aliphatic carbocycles. The fraction of sp³-hybridized carbons (Fsp3) is 0.588. The summed E-state index contributed by atoms with van der Waals surface area (Å²) in [7, 11) is 0.